The first kappa shape index (κ1) is 18.3. The summed E-state index contributed by atoms with van der Waals surface area (Å²) in [6.07, 6.45) is 3.98. The average Bonchev–Trinajstić information content (AvgIpc) is 3.09. The van der Waals surface area contributed by atoms with Crippen LogP contribution in [-0.2, 0) is 16.9 Å². The Hall–Kier alpha value is -2.08. The summed E-state index contributed by atoms with van der Waals surface area (Å²) in [6.45, 7) is 10.2. The van der Waals surface area contributed by atoms with Crippen LogP contribution in [0.25, 0.3) is 0 Å². The van der Waals surface area contributed by atoms with Crippen molar-refractivity contribution in [2.24, 2.45) is 0 Å². The summed E-state index contributed by atoms with van der Waals surface area (Å²) in [4.78, 5) is 16.4. The number of rotatable bonds is 7. The molecule has 0 saturated carbocycles. The van der Waals surface area contributed by atoms with Gasteiger partial charge in [-0.25, -0.2) is 4.98 Å². The second kappa shape index (κ2) is 7.21. The molecule has 24 heavy (non-hydrogen) atoms. The van der Waals surface area contributed by atoms with Crippen molar-refractivity contribution in [2.45, 2.75) is 59.1 Å². The summed E-state index contributed by atoms with van der Waals surface area (Å²) in [5.74, 6) is 2.61. The van der Waals surface area contributed by atoms with Crippen LogP contribution in [-0.4, -0.2) is 27.1 Å². The third kappa shape index (κ3) is 4.26. The summed E-state index contributed by atoms with van der Waals surface area (Å²) in [5, 5.41) is 13.4. The van der Waals surface area contributed by atoms with Gasteiger partial charge in [0.05, 0.1) is 6.54 Å². The molecule has 0 aromatic carbocycles. The molecule has 0 unspecified atom stereocenters. The lowest BCUT2D eigenvalue weighted by atomic mass is 9.96. The van der Waals surface area contributed by atoms with E-state index in [1.54, 1.807) is 13.1 Å². The lowest BCUT2D eigenvalue weighted by Gasteiger charge is -2.23. The van der Waals surface area contributed by atoms with Gasteiger partial charge in [-0.1, -0.05) is 13.8 Å². The van der Waals surface area contributed by atoms with Gasteiger partial charge in [0.2, 0.25) is 5.91 Å². The number of aromatic nitrogens is 2. The van der Waals surface area contributed by atoms with Crippen molar-refractivity contribution in [3.63, 3.8) is 0 Å². The number of imidazole rings is 1. The number of carbonyl (C=O) groups is 1. The van der Waals surface area contributed by atoms with Crippen LogP contribution >= 0.6 is 0 Å². The smallest absolute Gasteiger partial charge is 0.221 e. The highest BCUT2D eigenvalue weighted by atomic mass is 16.3. The Bertz CT molecular complexity index is 698. The fourth-order valence-electron chi connectivity index (χ4n) is 2.85. The van der Waals surface area contributed by atoms with Crippen LogP contribution in [0.2, 0.25) is 0 Å². The second-order valence-electron chi connectivity index (χ2n) is 6.76. The molecule has 0 saturated heterocycles. The molecule has 6 nitrogen and oxygen atoms in total. The van der Waals surface area contributed by atoms with E-state index in [0.717, 1.165) is 11.6 Å². The van der Waals surface area contributed by atoms with Gasteiger partial charge >= 0.3 is 0 Å². The van der Waals surface area contributed by atoms with E-state index in [0.29, 0.717) is 30.2 Å². The summed E-state index contributed by atoms with van der Waals surface area (Å²) in [7, 11) is 0. The molecule has 0 radical (unpaired) electrons. The Kier molecular flexibility index (Phi) is 5.49. The van der Waals surface area contributed by atoms with Gasteiger partial charge in [-0.2, -0.15) is 0 Å². The summed E-state index contributed by atoms with van der Waals surface area (Å²) < 4.78 is 7.45. The fraction of sp³-hybridized carbons (Fsp3) is 0.556. The predicted molar refractivity (Wildman–Crippen MR) is 91.7 cm³/mol. The van der Waals surface area contributed by atoms with E-state index in [1.165, 1.54) is 0 Å². The zero-order valence-electron chi connectivity index (χ0n) is 15.1. The number of hydrogen-bond acceptors (Lipinski definition) is 4. The zero-order valence-corrected chi connectivity index (χ0v) is 15.1. The van der Waals surface area contributed by atoms with Crippen LogP contribution < -0.4 is 5.32 Å². The molecule has 0 fully saturated rings. The van der Waals surface area contributed by atoms with Gasteiger partial charge in [0, 0.05) is 36.8 Å². The molecule has 2 aromatic heterocycles. The first-order chi connectivity index (χ1) is 11.2. The molecule has 1 amide bonds. The van der Waals surface area contributed by atoms with E-state index >= 15 is 0 Å². The maximum atomic E-state index is 12.1. The van der Waals surface area contributed by atoms with Crippen LogP contribution in [0.3, 0.4) is 0 Å². The second-order valence-corrected chi connectivity index (χ2v) is 6.76. The van der Waals surface area contributed by atoms with Gasteiger partial charge in [0.25, 0.3) is 0 Å². The largest absolute Gasteiger partial charge is 0.466 e. The predicted octanol–water partition coefficient (Wildman–Crippen LogP) is 2.63. The normalized spacial score (nSPS) is 14.0. The molecule has 0 aliphatic rings. The number of nitrogens with one attached hydrogen (secondary N) is 1. The highest BCUT2D eigenvalue weighted by Gasteiger charge is 2.28. The molecule has 1 atom stereocenters. The van der Waals surface area contributed by atoms with Gasteiger partial charge in [0.15, 0.2) is 0 Å². The van der Waals surface area contributed by atoms with Crippen LogP contribution in [0.4, 0.5) is 0 Å². The lowest BCUT2D eigenvalue weighted by molar-refractivity contribution is -0.122. The highest BCUT2D eigenvalue weighted by molar-refractivity contribution is 5.75. The number of furan rings is 1. The minimum Gasteiger partial charge on any atom is -0.466 e. The number of hydrogen-bond donors (Lipinski definition) is 2. The third-order valence-corrected chi connectivity index (χ3v) is 4.09. The topological polar surface area (TPSA) is 80.3 Å². The van der Waals surface area contributed by atoms with E-state index in [9.17, 15) is 9.90 Å². The number of amides is 1. The SMILES string of the molecule is Cc1cc([C@](C)(O)CNC(=O)CCn2ccnc2C(C)C)c(C)o1. The Balaban J connectivity index is 1.89. The Morgan fingerprint density at radius 2 is 2.17 bits per heavy atom. The summed E-state index contributed by atoms with van der Waals surface area (Å²) >= 11 is 0. The number of aryl methyl sites for hydroxylation is 3. The lowest BCUT2D eigenvalue weighted by Crippen LogP contribution is -2.39. The number of aliphatic hydroxyl groups is 1. The van der Waals surface area contributed by atoms with Gasteiger partial charge in [-0.15, -0.1) is 0 Å². The monoisotopic (exact) mass is 333 g/mol. The van der Waals surface area contributed by atoms with Crippen molar-refractivity contribution < 1.29 is 14.3 Å². The molecule has 0 bridgehead atoms. The third-order valence-electron chi connectivity index (χ3n) is 4.09. The van der Waals surface area contributed by atoms with E-state index in [-0.39, 0.29) is 12.5 Å². The maximum absolute atomic E-state index is 12.1. The number of nitrogens with zero attached hydrogens (tertiary/aromatic N) is 2. The molecule has 0 aliphatic carbocycles. The highest BCUT2D eigenvalue weighted by Crippen LogP contribution is 2.26. The molecule has 132 valence electrons. The van der Waals surface area contributed by atoms with E-state index in [4.69, 9.17) is 4.42 Å². The molecule has 6 heteroatoms. The van der Waals surface area contributed by atoms with Crippen LogP contribution in [0, 0.1) is 13.8 Å². The quantitative estimate of drug-likeness (QED) is 0.816. The Morgan fingerprint density at radius 3 is 2.75 bits per heavy atom. The molecule has 0 spiro atoms. The van der Waals surface area contributed by atoms with Crippen molar-refractivity contribution in [3.05, 3.63) is 41.4 Å². The van der Waals surface area contributed by atoms with E-state index in [1.807, 2.05) is 30.7 Å². The van der Waals surface area contributed by atoms with Crippen LogP contribution in [0.1, 0.15) is 56.0 Å². The molecular weight excluding hydrogens is 306 g/mol. The molecule has 2 rings (SSSR count). The van der Waals surface area contributed by atoms with Gasteiger partial charge < -0.3 is 19.4 Å². The first-order valence-corrected chi connectivity index (χ1v) is 8.28. The Morgan fingerprint density at radius 1 is 1.46 bits per heavy atom. The average molecular weight is 333 g/mol. The standard InChI is InChI=1S/C18H27N3O3/c1-12(2)17-19-7-9-21(17)8-6-16(22)20-11-18(5,23)15-10-13(3)24-14(15)4/h7,9-10,12,23H,6,8,11H2,1-5H3,(H,20,22)/t18-/m1/s1. The molecule has 2 heterocycles. The van der Waals surface area contributed by atoms with Crippen molar-refractivity contribution in [1.29, 1.82) is 0 Å². The van der Waals surface area contributed by atoms with Crippen LogP contribution in [0.5, 0.6) is 0 Å². The number of carbonyl (C=O) groups excluding carboxylic acids is 1. The molecule has 0 aliphatic heterocycles. The summed E-state index contributed by atoms with van der Waals surface area (Å²) in [6, 6.07) is 1.81. The maximum Gasteiger partial charge on any atom is 0.221 e. The van der Waals surface area contributed by atoms with E-state index in [2.05, 4.69) is 24.1 Å². The van der Waals surface area contributed by atoms with Crippen molar-refractivity contribution in [2.75, 3.05) is 6.54 Å². The van der Waals surface area contributed by atoms with Gasteiger partial charge in [-0.05, 0) is 26.8 Å². The minimum atomic E-state index is -1.16. The zero-order chi connectivity index (χ0) is 17.9. The molecular formula is C18H27N3O3. The van der Waals surface area contributed by atoms with Crippen LogP contribution in [0.15, 0.2) is 22.9 Å². The minimum absolute atomic E-state index is 0.100. The Labute approximate surface area is 142 Å². The molecule has 2 aromatic rings. The molecule has 2 N–H and O–H groups in total. The van der Waals surface area contributed by atoms with Gasteiger partial charge in [0.1, 0.15) is 22.9 Å². The fourth-order valence-corrected chi connectivity index (χ4v) is 2.85. The van der Waals surface area contributed by atoms with Gasteiger partial charge in [-0.3, -0.25) is 4.79 Å². The summed E-state index contributed by atoms with van der Waals surface area (Å²) in [5.41, 5.74) is -0.452. The van der Waals surface area contributed by atoms with Crippen molar-refractivity contribution in [1.82, 2.24) is 14.9 Å². The first-order valence-electron chi connectivity index (χ1n) is 8.28. The van der Waals surface area contributed by atoms with Crippen molar-refractivity contribution in [3.8, 4) is 0 Å². The van der Waals surface area contributed by atoms with Crippen molar-refractivity contribution >= 4 is 5.91 Å². The van der Waals surface area contributed by atoms with E-state index < -0.39 is 5.60 Å².